The van der Waals surface area contributed by atoms with Crippen molar-refractivity contribution in [1.29, 1.82) is 0 Å². The van der Waals surface area contributed by atoms with Crippen LogP contribution in [0.4, 0.5) is 4.79 Å². The molecule has 0 atom stereocenters. The molecule has 3 heterocycles. The average molecular weight is 363 g/mol. The van der Waals surface area contributed by atoms with Crippen molar-refractivity contribution in [2.45, 2.75) is 19.8 Å². The second-order valence-corrected chi connectivity index (χ2v) is 6.78. The first kappa shape index (κ1) is 17.5. The van der Waals surface area contributed by atoms with E-state index in [9.17, 15) is 9.59 Å². The zero-order valence-electron chi connectivity index (χ0n) is 14.4. The third-order valence-corrected chi connectivity index (χ3v) is 5.02. The number of aromatic nitrogens is 1. The third kappa shape index (κ3) is 4.19. The fraction of sp³-hybridized carbons (Fsp3) is 0.471. The van der Waals surface area contributed by atoms with E-state index in [1.807, 2.05) is 24.4 Å². The molecule has 1 aliphatic heterocycles. The lowest BCUT2D eigenvalue weighted by Gasteiger charge is -2.21. The van der Waals surface area contributed by atoms with Crippen molar-refractivity contribution in [3.05, 3.63) is 29.0 Å². The van der Waals surface area contributed by atoms with Crippen LogP contribution in [0.3, 0.4) is 0 Å². The Morgan fingerprint density at radius 1 is 1.24 bits per heavy atom. The molecule has 25 heavy (non-hydrogen) atoms. The zero-order valence-corrected chi connectivity index (χ0v) is 15.2. The molecule has 2 aromatic heterocycles. The van der Waals surface area contributed by atoms with Crippen molar-refractivity contribution in [3.63, 3.8) is 0 Å². The molecule has 0 unspecified atom stereocenters. The Morgan fingerprint density at radius 3 is 2.72 bits per heavy atom. The summed E-state index contributed by atoms with van der Waals surface area (Å²) >= 11 is 1.47. The molecule has 0 N–H and O–H groups in total. The molecule has 8 heteroatoms. The van der Waals surface area contributed by atoms with Gasteiger partial charge < -0.3 is 19.0 Å². The summed E-state index contributed by atoms with van der Waals surface area (Å²) in [6.07, 6.45) is 0.663. The molecule has 3 rings (SSSR count). The molecule has 0 aromatic carbocycles. The quantitative estimate of drug-likeness (QED) is 0.838. The van der Waals surface area contributed by atoms with Gasteiger partial charge in [-0.05, 0) is 25.5 Å². The third-order valence-electron chi connectivity index (χ3n) is 4.12. The second kappa shape index (κ2) is 7.69. The molecule has 1 fully saturated rings. The van der Waals surface area contributed by atoms with Crippen LogP contribution in [0.5, 0.6) is 0 Å². The number of amides is 2. The van der Waals surface area contributed by atoms with Crippen molar-refractivity contribution in [3.8, 4) is 10.8 Å². The molecule has 1 aliphatic rings. The summed E-state index contributed by atoms with van der Waals surface area (Å²) in [4.78, 5) is 32.1. The van der Waals surface area contributed by atoms with Crippen molar-refractivity contribution in [1.82, 2.24) is 14.8 Å². The van der Waals surface area contributed by atoms with Gasteiger partial charge in [-0.1, -0.05) is 0 Å². The van der Waals surface area contributed by atoms with Crippen LogP contribution in [0.15, 0.2) is 21.9 Å². The summed E-state index contributed by atoms with van der Waals surface area (Å²) in [6, 6.07) is 3.78. The molecule has 0 bridgehead atoms. The van der Waals surface area contributed by atoms with Gasteiger partial charge in [0, 0.05) is 31.6 Å². The van der Waals surface area contributed by atoms with Crippen molar-refractivity contribution < 1.29 is 18.7 Å². The van der Waals surface area contributed by atoms with E-state index >= 15 is 0 Å². The van der Waals surface area contributed by atoms with E-state index in [0.29, 0.717) is 26.2 Å². The zero-order chi connectivity index (χ0) is 17.8. The first-order valence-electron chi connectivity index (χ1n) is 8.18. The fourth-order valence-corrected chi connectivity index (χ4v) is 3.58. The monoisotopic (exact) mass is 363 g/mol. The van der Waals surface area contributed by atoms with Gasteiger partial charge in [0.25, 0.3) is 0 Å². The smallest absolute Gasteiger partial charge is 0.409 e. The number of carbonyl (C=O) groups is 2. The summed E-state index contributed by atoms with van der Waals surface area (Å²) in [6.45, 7) is 4.14. The first-order chi connectivity index (χ1) is 12.1. The number of hydrogen-bond acceptors (Lipinski definition) is 6. The van der Waals surface area contributed by atoms with Crippen LogP contribution in [-0.2, 0) is 16.0 Å². The molecule has 0 radical (unpaired) electrons. The molecular formula is C17H21N3O4S. The highest BCUT2D eigenvalue weighted by atomic mass is 32.1. The number of hydrogen-bond donors (Lipinski definition) is 0. The Hall–Kier alpha value is -2.35. The lowest BCUT2D eigenvalue weighted by molar-refractivity contribution is -0.130. The van der Waals surface area contributed by atoms with E-state index in [1.165, 1.54) is 18.4 Å². The Balaban J connectivity index is 1.59. The van der Waals surface area contributed by atoms with E-state index in [1.54, 1.807) is 9.80 Å². The summed E-state index contributed by atoms with van der Waals surface area (Å²) < 4.78 is 10.3. The highest BCUT2D eigenvalue weighted by Gasteiger charge is 2.23. The molecule has 0 spiro atoms. The van der Waals surface area contributed by atoms with Gasteiger partial charge in [0.2, 0.25) is 5.91 Å². The minimum atomic E-state index is -0.341. The lowest BCUT2D eigenvalue weighted by Crippen LogP contribution is -2.37. The lowest BCUT2D eigenvalue weighted by atomic mass is 10.3. The van der Waals surface area contributed by atoms with Crippen LogP contribution < -0.4 is 0 Å². The summed E-state index contributed by atoms with van der Waals surface area (Å²) in [5.41, 5.74) is 0.744. The number of carbonyl (C=O) groups excluding carboxylic acids is 2. The number of aryl methyl sites for hydroxylation is 1. The van der Waals surface area contributed by atoms with Gasteiger partial charge in [-0.3, -0.25) is 4.79 Å². The normalized spacial score (nSPS) is 15.1. The fourth-order valence-electron chi connectivity index (χ4n) is 2.80. The van der Waals surface area contributed by atoms with Gasteiger partial charge in [-0.25, -0.2) is 9.78 Å². The first-order valence-corrected chi connectivity index (χ1v) is 9.06. The SMILES string of the molecule is COC(=O)N1CCCN(C(=O)Cc2csc(-c3ccc(C)o3)n2)CC1. The number of thiazole rings is 1. The molecular weight excluding hydrogens is 342 g/mol. The number of rotatable bonds is 3. The Labute approximate surface area is 150 Å². The predicted octanol–water partition coefficient (Wildman–Crippen LogP) is 2.55. The van der Waals surface area contributed by atoms with Crippen LogP contribution in [0.1, 0.15) is 17.9 Å². The van der Waals surface area contributed by atoms with Crippen LogP contribution >= 0.6 is 11.3 Å². The Morgan fingerprint density at radius 2 is 2.00 bits per heavy atom. The number of furan rings is 1. The van der Waals surface area contributed by atoms with Crippen LogP contribution in [0.25, 0.3) is 10.8 Å². The van der Waals surface area contributed by atoms with Crippen molar-refractivity contribution in [2.75, 3.05) is 33.3 Å². The van der Waals surface area contributed by atoms with Gasteiger partial charge in [-0.2, -0.15) is 0 Å². The summed E-state index contributed by atoms with van der Waals surface area (Å²) in [5.74, 6) is 1.59. The van der Waals surface area contributed by atoms with Crippen molar-refractivity contribution >= 4 is 23.3 Å². The average Bonchev–Trinajstić information content (AvgIpc) is 3.16. The van der Waals surface area contributed by atoms with Gasteiger partial charge in [0.05, 0.1) is 19.2 Å². The minimum absolute atomic E-state index is 0.0270. The van der Waals surface area contributed by atoms with Crippen LogP contribution in [0.2, 0.25) is 0 Å². The Bertz CT molecular complexity index is 755. The topological polar surface area (TPSA) is 75.9 Å². The Kier molecular flexibility index (Phi) is 5.37. The van der Waals surface area contributed by atoms with E-state index in [4.69, 9.17) is 9.15 Å². The molecule has 1 saturated heterocycles. The van der Waals surface area contributed by atoms with Gasteiger partial charge in [-0.15, -0.1) is 11.3 Å². The largest absolute Gasteiger partial charge is 0.459 e. The van der Waals surface area contributed by atoms with Gasteiger partial charge in [0.15, 0.2) is 10.8 Å². The van der Waals surface area contributed by atoms with E-state index < -0.39 is 0 Å². The van der Waals surface area contributed by atoms with Crippen molar-refractivity contribution in [2.24, 2.45) is 0 Å². The maximum Gasteiger partial charge on any atom is 0.409 e. The number of nitrogens with zero attached hydrogens (tertiary/aromatic N) is 3. The molecule has 2 amide bonds. The molecule has 0 saturated carbocycles. The van der Waals surface area contributed by atoms with E-state index in [2.05, 4.69) is 4.98 Å². The predicted molar refractivity (Wildman–Crippen MR) is 93.4 cm³/mol. The molecule has 0 aliphatic carbocycles. The number of methoxy groups -OCH3 is 1. The number of ether oxygens (including phenoxy) is 1. The summed E-state index contributed by atoms with van der Waals surface area (Å²) in [5, 5.41) is 2.67. The highest BCUT2D eigenvalue weighted by molar-refractivity contribution is 7.13. The standard InChI is InChI=1S/C17H21N3O4S/c1-12-4-5-14(24-12)16-18-13(11-25-16)10-15(21)19-6-3-7-20(9-8-19)17(22)23-2/h4-5,11H,3,6-10H2,1-2H3. The molecule has 134 valence electrons. The minimum Gasteiger partial charge on any atom is -0.459 e. The van der Waals surface area contributed by atoms with Crippen LogP contribution in [-0.4, -0.2) is 60.1 Å². The second-order valence-electron chi connectivity index (χ2n) is 5.92. The van der Waals surface area contributed by atoms with Crippen LogP contribution in [0, 0.1) is 6.92 Å². The molecule has 7 nitrogen and oxygen atoms in total. The highest BCUT2D eigenvalue weighted by Crippen LogP contribution is 2.25. The maximum absolute atomic E-state index is 12.5. The van der Waals surface area contributed by atoms with E-state index in [-0.39, 0.29) is 18.4 Å². The van der Waals surface area contributed by atoms with Gasteiger partial charge in [0.1, 0.15) is 5.76 Å². The summed E-state index contributed by atoms with van der Waals surface area (Å²) in [7, 11) is 1.37. The maximum atomic E-state index is 12.5. The molecule has 2 aromatic rings. The van der Waals surface area contributed by atoms with Gasteiger partial charge >= 0.3 is 6.09 Å². The van der Waals surface area contributed by atoms with E-state index in [0.717, 1.165) is 28.6 Å².